The van der Waals surface area contributed by atoms with E-state index in [2.05, 4.69) is 20.3 Å². The number of amides is 1. The molecular weight excluding hydrogens is 375 g/mol. The van der Waals surface area contributed by atoms with E-state index in [9.17, 15) is 18.0 Å². The molecule has 0 aliphatic rings. The fraction of sp³-hybridized carbons (Fsp3) is 0.0625. The maximum absolute atomic E-state index is 12.3. The van der Waals surface area contributed by atoms with Crippen molar-refractivity contribution in [2.75, 3.05) is 5.32 Å². The number of anilines is 1. The lowest BCUT2D eigenvalue weighted by molar-refractivity contribution is -0.274. The van der Waals surface area contributed by atoms with Gasteiger partial charge in [0.25, 0.3) is 11.8 Å². The van der Waals surface area contributed by atoms with Crippen LogP contribution in [0.1, 0.15) is 10.4 Å². The highest BCUT2D eigenvalue weighted by molar-refractivity contribution is 6.33. The molecule has 1 amide bonds. The van der Waals surface area contributed by atoms with E-state index in [0.29, 0.717) is 10.6 Å². The fourth-order valence-corrected chi connectivity index (χ4v) is 2.24. The lowest BCUT2D eigenvalue weighted by Crippen LogP contribution is -2.18. The summed E-state index contributed by atoms with van der Waals surface area (Å²) >= 11 is 6.02. The third kappa shape index (κ3) is 4.31. The highest BCUT2D eigenvalue weighted by Crippen LogP contribution is 2.27. The van der Waals surface area contributed by atoms with Crippen molar-refractivity contribution >= 4 is 23.5 Å². The summed E-state index contributed by atoms with van der Waals surface area (Å²) in [4.78, 5) is 12.1. The number of nitrogens with zero attached hydrogens (tertiary/aromatic N) is 2. The van der Waals surface area contributed by atoms with Gasteiger partial charge in [0.15, 0.2) is 0 Å². The normalized spacial score (nSPS) is 11.2. The van der Waals surface area contributed by atoms with Crippen LogP contribution in [0.3, 0.4) is 0 Å². The number of hydrogen-bond donors (Lipinski definition) is 1. The summed E-state index contributed by atoms with van der Waals surface area (Å²) < 4.78 is 45.8. The van der Waals surface area contributed by atoms with Crippen LogP contribution < -0.4 is 10.1 Å². The summed E-state index contributed by atoms with van der Waals surface area (Å²) in [5, 5.41) is 10.1. The van der Waals surface area contributed by atoms with Crippen molar-refractivity contribution in [2.45, 2.75) is 6.36 Å². The second-order valence-electron chi connectivity index (χ2n) is 4.92. The van der Waals surface area contributed by atoms with Gasteiger partial charge in [0.1, 0.15) is 5.75 Å². The Morgan fingerprint density at radius 2 is 1.88 bits per heavy atom. The molecule has 0 spiro atoms. The third-order valence-corrected chi connectivity index (χ3v) is 3.41. The molecule has 0 unspecified atom stereocenters. The van der Waals surface area contributed by atoms with Gasteiger partial charge >= 0.3 is 12.4 Å². The van der Waals surface area contributed by atoms with Gasteiger partial charge in [0.05, 0.1) is 10.6 Å². The van der Waals surface area contributed by atoms with E-state index in [-0.39, 0.29) is 17.5 Å². The summed E-state index contributed by atoms with van der Waals surface area (Å²) in [5.41, 5.74) is 0.395. The maximum atomic E-state index is 12.3. The number of ether oxygens (including phenoxy) is 1. The van der Waals surface area contributed by atoms with Crippen molar-refractivity contribution in [3.05, 3.63) is 59.1 Å². The highest BCUT2D eigenvalue weighted by Gasteiger charge is 2.31. The van der Waals surface area contributed by atoms with Crippen molar-refractivity contribution in [1.29, 1.82) is 0 Å². The average Bonchev–Trinajstić information content (AvgIpc) is 3.02. The van der Waals surface area contributed by atoms with Gasteiger partial charge in [-0.15, -0.1) is 18.3 Å². The van der Waals surface area contributed by atoms with Gasteiger partial charge in [-0.05, 0) is 30.3 Å². The molecule has 3 aromatic rings. The summed E-state index contributed by atoms with van der Waals surface area (Å²) in [6, 6.07) is 11.1. The summed E-state index contributed by atoms with van der Waals surface area (Å²) in [6.07, 6.45) is -4.86. The van der Waals surface area contributed by atoms with E-state index in [0.717, 1.165) is 12.1 Å². The van der Waals surface area contributed by atoms with E-state index in [1.54, 1.807) is 24.3 Å². The number of carbonyl (C=O) groups excluding carboxylic acids is 1. The van der Waals surface area contributed by atoms with Gasteiger partial charge in [-0.3, -0.25) is 10.1 Å². The second-order valence-corrected chi connectivity index (χ2v) is 5.33. The Hall–Kier alpha value is -3.07. The van der Waals surface area contributed by atoms with Crippen molar-refractivity contribution in [1.82, 2.24) is 10.2 Å². The largest absolute Gasteiger partial charge is 0.573 e. The molecular formula is C16H9ClF3N3O3. The zero-order valence-electron chi connectivity index (χ0n) is 12.7. The van der Waals surface area contributed by atoms with Crippen LogP contribution in [-0.4, -0.2) is 22.5 Å². The van der Waals surface area contributed by atoms with Crippen LogP contribution in [0.25, 0.3) is 11.5 Å². The number of carbonyl (C=O) groups is 1. The van der Waals surface area contributed by atoms with Gasteiger partial charge in [0, 0.05) is 5.56 Å². The predicted octanol–water partition coefficient (Wildman–Crippen LogP) is 4.54. The van der Waals surface area contributed by atoms with Gasteiger partial charge in [-0.25, -0.2) is 0 Å². The van der Waals surface area contributed by atoms with Crippen molar-refractivity contribution < 1.29 is 27.1 Å². The Bertz CT molecular complexity index is 943. The Balaban J connectivity index is 1.75. The zero-order chi connectivity index (χ0) is 18.7. The predicted molar refractivity (Wildman–Crippen MR) is 85.8 cm³/mol. The smallest absolute Gasteiger partial charge is 0.406 e. The summed E-state index contributed by atoms with van der Waals surface area (Å²) in [5.74, 6) is -1.18. The maximum Gasteiger partial charge on any atom is 0.573 e. The van der Waals surface area contributed by atoms with Crippen LogP contribution in [0.5, 0.6) is 5.75 Å². The van der Waals surface area contributed by atoms with Crippen molar-refractivity contribution in [3.63, 3.8) is 0 Å². The lowest BCUT2D eigenvalue weighted by atomic mass is 10.2. The minimum Gasteiger partial charge on any atom is -0.406 e. The van der Waals surface area contributed by atoms with Gasteiger partial charge in [-0.1, -0.05) is 34.9 Å². The summed E-state index contributed by atoms with van der Waals surface area (Å²) in [7, 11) is 0. The molecule has 0 aliphatic carbocycles. The molecule has 0 saturated carbocycles. The molecule has 1 N–H and O–H groups in total. The van der Waals surface area contributed by atoms with E-state index < -0.39 is 18.0 Å². The molecule has 10 heteroatoms. The molecule has 0 aliphatic heterocycles. The number of rotatable bonds is 4. The van der Waals surface area contributed by atoms with Crippen molar-refractivity contribution in [3.8, 4) is 17.2 Å². The first kappa shape index (κ1) is 17.7. The molecule has 26 heavy (non-hydrogen) atoms. The number of benzene rings is 2. The minimum absolute atomic E-state index is 0.0794. The standard InChI is InChI=1S/C16H9ClF3N3O3/c17-12-7-2-1-6-11(12)14-22-23-15(25-14)21-13(24)9-4-3-5-10(8-9)26-16(18,19)20/h1-8H,(H,21,23,24). The lowest BCUT2D eigenvalue weighted by Gasteiger charge is -2.09. The summed E-state index contributed by atoms with van der Waals surface area (Å²) in [6.45, 7) is 0. The number of aromatic nitrogens is 2. The van der Waals surface area contributed by atoms with Crippen LogP contribution >= 0.6 is 11.6 Å². The molecule has 134 valence electrons. The second kappa shape index (κ2) is 7.04. The third-order valence-electron chi connectivity index (χ3n) is 3.08. The van der Waals surface area contributed by atoms with E-state index in [4.69, 9.17) is 16.0 Å². The SMILES string of the molecule is O=C(Nc1nnc(-c2ccccc2Cl)o1)c1cccc(OC(F)(F)F)c1. The molecule has 0 fully saturated rings. The van der Waals surface area contributed by atoms with Crippen LogP contribution in [0.2, 0.25) is 5.02 Å². The topological polar surface area (TPSA) is 77.3 Å². The van der Waals surface area contributed by atoms with Crippen LogP contribution in [0.4, 0.5) is 19.2 Å². The van der Waals surface area contributed by atoms with Crippen LogP contribution in [0.15, 0.2) is 52.9 Å². The zero-order valence-corrected chi connectivity index (χ0v) is 13.5. The Morgan fingerprint density at radius 1 is 1.12 bits per heavy atom. The van der Waals surface area contributed by atoms with Gasteiger partial charge in [0.2, 0.25) is 0 Å². The Morgan fingerprint density at radius 3 is 2.62 bits per heavy atom. The highest BCUT2D eigenvalue weighted by atomic mass is 35.5. The Labute approximate surface area is 149 Å². The first-order valence-corrected chi connectivity index (χ1v) is 7.45. The van der Waals surface area contributed by atoms with E-state index in [1.807, 2.05) is 0 Å². The quantitative estimate of drug-likeness (QED) is 0.715. The van der Waals surface area contributed by atoms with Gasteiger partial charge in [-0.2, -0.15) is 0 Å². The number of nitrogens with one attached hydrogen (secondary N) is 1. The Kier molecular flexibility index (Phi) is 4.81. The average molecular weight is 384 g/mol. The molecule has 2 aromatic carbocycles. The molecule has 0 radical (unpaired) electrons. The molecule has 0 atom stereocenters. The van der Waals surface area contributed by atoms with Crippen LogP contribution in [-0.2, 0) is 0 Å². The molecule has 1 aromatic heterocycles. The molecule has 0 saturated heterocycles. The molecule has 6 nitrogen and oxygen atoms in total. The molecule has 0 bridgehead atoms. The monoisotopic (exact) mass is 383 g/mol. The first-order valence-electron chi connectivity index (χ1n) is 7.07. The van der Waals surface area contributed by atoms with Crippen LogP contribution in [0, 0.1) is 0 Å². The molecule has 3 rings (SSSR count). The number of hydrogen-bond acceptors (Lipinski definition) is 5. The van der Waals surface area contributed by atoms with Gasteiger partial charge < -0.3 is 9.15 Å². The number of alkyl halides is 3. The van der Waals surface area contributed by atoms with Crippen molar-refractivity contribution in [2.24, 2.45) is 0 Å². The van der Waals surface area contributed by atoms with E-state index >= 15 is 0 Å². The minimum atomic E-state index is -4.86. The molecule has 1 heterocycles. The van der Waals surface area contributed by atoms with E-state index in [1.165, 1.54) is 12.1 Å². The first-order chi connectivity index (χ1) is 12.3. The fourth-order valence-electron chi connectivity index (χ4n) is 2.02. The number of halogens is 4.